The summed E-state index contributed by atoms with van der Waals surface area (Å²) in [6.45, 7) is 0. The fourth-order valence-electron chi connectivity index (χ4n) is 1.02. The van der Waals surface area contributed by atoms with Crippen LogP contribution in [0.1, 0.15) is 19.3 Å². The number of halogens is 2. The Hall–Kier alpha value is 2.07. The summed E-state index contributed by atoms with van der Waals surface area (Å²) < 4.78 is 0. The molecule has 1 aliphatic rings. The minimum absolute atomic E-state index is 0.292. The Bertz CT molecular complexity index is 76.0. The van der Waals surface area contributed by atoms with Crippen molar-refractivity contribution in [1.82, 2.24) is 0 Å². The second-order valence-electron chi connectivity index (χ2n) is 2.30. The van der Waals surface area contributed by atoms with E-state index in [1.54, 1.807) is 0 Å². The molecule has 1 fully saturated rings. The van der Waals surface area contributed by atoms with Crippen LogP contribution in [0.15, 0.2) is 0 Å². The predicted molar refractivity (Wildman–Crippen MR) is 57.8 cm³/mol. The summed E-state index contributed by atoms with van der Waals surface area (Å²) in [5.74, 6) is 0. The summed E-state index contributed by atoms with van der Waals surface area (Å²) in [5, 5.41) is 0. The average molecular weight is 549 g/mol. The molecule has 66 valence electrons. The van der Waals surface area contributed by atoms with Crippen molar-refractivity contribution >= 4 is 38.7 Å². The van der Waals surface area contributed by atoms with Crippen molar-refractivity contribution < 1.29 is 11.2 Å². The van der Waals surface area contributed by atoms with Crippen molar-refractivity contribution in [2.24, 2.45) is 11.5 Å². The van der Waals surface area contributed by atoms with Gasteiger partial charge in [0.05, 0.1) is 0 Å². The van der Waals surface area contributed by atoms with Gasteiger partial charge in [-0.1, -0.05) is 6.42 Å². The Morgan fingerprint density at radius 1 is 1.10 bits per heavy atom. The van der Waals surface area contributed by atoms with Gasteiger partial charge in [0.2, 0.25) is 0 Å². The molecule has 1 aliphatic carbocycles. The zero-order valence-electron chi connectivity index (χ0n) is 5.50. The van der Waals surface area contributed by atoms with Crippen LogP contribution in [0.4, 0.5) is 0 Å². The molecule has 1 saturated carbocycles. The maximum absolute atomic E-state index is 5.55. The molecule has 0 bridgehead atoms. The van der Waals surface area contributed by atoms with Crippen molar-refractivity contribution in [2.45, 2.75) is 31.3 Å². The van der Waals surface area contributed by atoms with Crippen LogP contribution < -0.4 is 11.5 Å². The zero-order valence-corrected chi connectivity index (χ0v) is 12.1. The zero-order chi connectivity index (χ0) is 7.98. The van der Waals surface area contributed by atoms with Crippen molar-refractivity contribution in [3.63, 3.8) is 0 Å². The Kier molecular flexibility index (Phi) is 9.30. The molecule has 0 unspecified atom stereocenters. The van der Waals surface area contributed by atoms with Crippen molar-refractivity contribution in [2.75, 3.05) is 0 Å². The number of hydrogen-bond acceptors (Lipinski definition) is 2. The summed E-state index contributed by atoms with van der Waals surface area (Å²) in [4.78, 5) is 0. The maximum atomic E-state index is 5.55. The second-order valence-corrected chi connectivity index (χ2v) is 18.9. The van der Waals surface area contributed by atoms with Crippen LogP contribution in [0.25, 0.3) is 0 Å². The van der Waals surface area contributed by atoms with Gasteiger partial charge in [-0.3, -0.25) is 0 Å². The van der Waals surface area contributed by atoms with E-state index in [0.717, 1.165) is 12.8 Å². The molecule has 2 nitrogen and oxygen atoms in total. The minimum atomic E-state index is 0.292. The van der Waals surface area contributed by atoms with E-state index in [4.69, 9.17) is 11.5 Å². The molecule has 0 saturated heterocycles. The first-order chi connectivity index (χ1) is 4.72. The Balaban J connectivity index is 0.000000236. The van der Waals surface area contributed by atoms with Crippen LogP contribution in [0, 0.1) is 0 Å². The molecule has 10 heavy (non-hydrogen) atoms. The van der Waals surface area contributed by atoms with Gasteiger partial charge in [-0.15, -0.1) is 0 Å². The summed E-state index contributed by atoms with van der Waals surface area (Å²) >= 11 is 5.30. The van der Waals surface area contributed by atoms with Gasteiger partial charge in [0, 0.05) is 12.1 Å². The molecule has 0 aromatic heterocycles. The number of nitrogens with two attached hydrogens (primary N) is 2. The molecule has 1 rings (SSSR count). The van der Waals surface area contributed by atoms with E-state index in [1.807, 2.05) is 0 Å². The van der Waals surface area contributed by atoms with Crippen molar-refractivity contribution in [3.8, 4) is 0 Å². The average Bonchev–Trinajstić information content (AvgIpc) is 2.19. The quantitative estimate of drug-likeness (QED) is 0.452. The normalized spacial score (nSPS) is 31.6. The molecule has 0 spiro atoms. The third-order valence-corrected chi connectivity index (χ3v) is 1.62. The molecular weight excluding hydrogens is 537 g/mol. The predicted octanol–water partition coefficient (Wildman–Crippen LogP) is 1.59. The molecule has 0 aliphatic heterocycles. The standard InChI is InChI=1S/C5H12N2.2HI.Pt/c6-4-2-1-3-5(4)7;;;/h4-5H,1-3,6-7H2;2*1H;/q;;;+2/p-2/t4-,5-;;;/m1.../s1. The third kappa shape index (κ3) is 5.68. The Morgan fingerprint density at radius 2 is 1.40 bits per heavy atom. The first kappa shape index (κ1) is 12.1. The second kappa shape index (κ2) is 7.70. The summed E-state index contributed by atoms with van der Waals surface area (Å²) in [7, 11) is 0. The van der Waals surface area contributed by atoms with Gasteiger partial charge in [-0.2, -0.15) is 0 Å². The fourth-order valence-corrected chi connectivity index (χ4v) is 1.02. The topological polar surface area (TPSA) is 52.0 Å². The molecule has 0 radical (unpaired) electrons. The van der Waals surface area contributed by atoms with Gasteiger partial charge in [-0.05, 0) is 12.8 Å². The van der Waals surface area contributed by atoms with E-state index in [-0.39, 0.29) is 0 Å². The van der Waals surface area contributed by atoms with E-state index in [0.29, 0.717) is 23.3 Å². The molecule has 0 heterocycles. The van der Waals surface area contributed by atoms with Gasteiger partial charge in [0.1, 0.15) is 0 Å². The molecule has 0 amide bonds. The Labute approximate surface area is 91.4 Å². The Morgan fingerprint density at radius 3 is 1.50 bits per heavy atom. The summed E-state index contributed by atoms with van der Waals surface area (Å²) in [6.07, 6.45) is 3.48. The van der Waals surface area contributed by atoms with E-state index in [2.05, 4.69) is 38.7 Å². The van der Waals surface area contributed by atoms with Gasteiger partial charge in [0.15, 0.2) is 0 Å². The molecule has 0 aromatic rings. The first-order valence-electron chi connectivity index (χ1n) is 3.06. The SMILES string of the molecule is N[C@@H]1CCC[C@H]1N.[I][Pt][I]. The molecule has 2 atom stereocenters. The molecule has 5 heteroatoms. The van der Waals surface area contributed by atoms with Crippen LogP contribution in [0.2, 0.25) is 0 Å². The summed E-state index contributed by atoms with van der Waals surface area (Å²) in [6, 6.07) is 0.583. The number of hydrogen-bond donors (Lipinski definition) is 2. The van der Waals surface area contributed by atoms with E-state index in [1.165, 1.54) is 6.42 Å². The van der Waals surface area contributed by atoms with Crippen molar-refractivity contribution in [1.29, 1.82) is 0 Å². The van der Waals surface area contributed by atoms with Crippen LogP contribution in [0.3, 0.4) is 0 Å². The van der Waals surface area contributed by atoms with Crippen LogP contribution >= 0.6 is 38.7 Å². The van der Waals surface area contributed by atoms with Crippen LogP contribution in [-0.2, 0) is 11.2 Å². The van der Waals surface area contributed by atoms with Gasteiger partial charge >= 0.3 is 49.9 Å². The third-order valence-electron chi connectivity index (χ3n) is 1.62. The first-order valence-corrected chi connectivity index (χ1v) is 15.9. The van der Waals surface area contributed by atoms with Crippen LogP contribution in [0.5, 0.6) is 0 Å². The van der Waals surface area contributed by atoms with Crippen molar-refractivity contribution in [3.05, 3.63) is 0 Å². The number of rotatable bonds is 0. The fraction of sp³-hybridized carbons (Fsp3) is 1.00. The van der Waals surface area contributed by atoms with E-state index in [9.17, 15) is 0 Å². The monoisotopic (exact) mass is 549 g/mol. The summed E-state index contributed by atoms with van der Waals surface area (Å²) in [5.41, 5.74) is 11.1. The van der Waals surface area contributed by atoms with E-state index < -0.39 is 0 Å². The molecule has 0 aromatic carbocycles. The van der Waals surface area contributed by atoms with Gasteiger partial charge in [0.25, 0.3) is 0 Å². The molecule has 4 N–H and O–H groups in total. The van der Waals surface area contributed by atoms with Gasteiger partial charge in [-0.25, -0.2) is 0 Å². The van der Waals surface area contributed by atoms with Gasteiger partial charge < -0.3 is 11.5 Å². The van der Waals surface area contributed by atoms with E-state index >= 15 is 0 Å². The molecular formula is C5H12I2N2Pt. The van der Waals surface area contributed by atoms with Crippen LogP contribution in [-0.4, -0.2) is 12.1 Å².